The molecule has 29 heavy (non-hydrogen) atoms. The lowest BCUT2D eigenvalue weighted by Gasteiger charge is -2.16. The van der Waals surface area contributed by atoms with Crippen molar-refractivity contribution >= 4 is 61.3 Å². The Bertz CT molecular complexity index is 1100. The average Bonchev–Trinajstić information content (AvgIpc) is 3.16. The number of halogens is 2. The molecule has 1 unspecified atom stereocenters. The van der Waals surface area contributed by atoms with Gasteiger partial charge in [0.05, 0.1) is 9.92 Å². The summed E-state index contributed by atoms with van der Waals surface area (Å²) in [4.78, 5) is 16.3. The molecule has 152 valence electrons. The standard InChI is InChI=1S/C18H15Cl2N3O4S2/c1-11(27-16-7-2-12(19)10-15(16)20)17(24)22-13-3-5-14(6-4-13)29(25,26)23-18-21-8-9-28-18/h2-11H,1H3,(H,21,23)(H,22,24). The van der Waals surface area contributed by atoms with Crippen molar-refractivity contribution in [1.29, 1.82) is 0 Å². The van der Waals surface area contributed by atoms with Crippen molar-refractivity contribution in [2.45, 2.75) is 17.9 Å². The van der Waals surface area contributed by atoms with Crippen molar-refractivity contribution in [2.75, 3.05) is 10.0 Å². The Morgan fingerprint density at radius 1 is 1.17 bits per heavy atom. The normalized spacial score (nSPS) is 12.2. The molecule has 3 aromatic rings. The SMILES string of the molecule is CC(Oc1ccc(Cl)cc1Cl)C(=O)Nc1ccc(S(=O)(=O)Nc2nccs2)cc1. The molecule has 0 saturated heterocycles. The Balaban J connectivity index is 1.63. The number of sulfonamides is 1. The summed E-state index contributed by atoms with van der Waals surface area (Å²) in [5, 5.41) is 5.34. The van der Waals surface area contributed by atoms with Crippen LogP contribution >= 0.6 is 34.5 Å². The molecule has 0 aliphatic rings. The van der Waals surface area contributed by atoms with Crippen LogP contribution in [0.1, 0.15) is 6.92 Å². The molecule has 7 nitrogen and oxygen atoms in total. The highest BCUT2D eigenvalue weighted by molar-refractivity contribution is 7.93. The Morgan fingerprint density at radius 2 is 1.90 bits per heavy atom. The zero-order valence-corrected chi connectivity index (χ0v) is 18.1. The van der Waals surface area contributed by atoms with Gasteiger partial charge in [0, 0.05) is 22.3 Å². The summed E-state index contributed by atoms with van der Waals surface area (Å²) in [5.41, 5.74) is 0.417. The number of carbonyl (C=O) groups excluding carboxylic acids is 1. The summed E-state index contributed by atoms with van der Waals surface area (Å²) < 4.78 is 32.6. The van der Waals surface area contributed by atoms with Gasteiger partial charge < -0.3 is 10.1 Å². The number of aromatic nitrogens is 1. The van der Waals surface area contributed by atoms with Gasteiger partial charge in [-0.05, 0) is 49.4 Å². The van der Waals surface area contributed by atoms with Gasteiger partial charge in [0.2, 0.25) is 0 Å². The third-order valence-electron chi connectivity index (χ3n) is 3.65. The first-order chi connectivity index (χ1) is 13.7. The van der Waals surface area contributed by atoms with E-state index in [0.717, 1.165) is 0 Å². The van der Waals surface area contributed by atoms with E-state index in [2.05, 4.69) is 15.0 Å². The van der Waals surface area contributed by atoms with Crippen molar-refractivity contribution < 1.29 is 17.9 Å². The maximum atomic E-state index is 12.3. The van der Waals surface area contributed by atoms with E-state index in [1.165, 1.54) is 47.9 Å². The Hall–Kier alpha value is -2.33. The molecule has 2 N–H and O–H groups in total. The molecule has 0 bridgehead atoms. The predicted molar refractivity (Wildman–Crippen MR) is 115 cm³/mol. The fraction of sp³-hybridized carbons (Fsp3) is 0.111. The van der Waals surface area contributed by atoms with Crippen LogP contribution in [0.4, 0.5) is 10.8 Å². The second kappa shape index (κ2) is 9.00. The van der Waals surface area contributed by atoms with E-state index >= 15 is 0 Å². The van der Waals surface area contributed by atoms with Gasteiger partial charge in [-0.2, -0.15) is 0 Å². The number of hydrogen-bond acceptors (Lipinski definition) is 6. The van der Waals surface area contributed by atoms with Crippen molar-refractivity contribution in [1.82, 2.24) is 4.98 Å². The minimum atomic E-state index is -3.76. The van der Waals surface area contributed by atoms with E-state index < -0.39 is 22.0 Å². The molecule has 0 aliphatic heterocycles. The molecular weight excluding hydrogens is 457 g/mol. The molecule has 1 heterocycles. The third-order valence-corrected chi connectivity index (χ3v) is 6.36. The smallest absolute Gasteiger partial charge is 0.265 e. The molecule has 1 atom stereocenters. The molecule has 0 aliphatic carbocycles. The van der Waals surface area contributed by atoms with Gasteiger partial charge >= 0.3 is 0 Å². The Labute approximate surface area is 181 Å². The van der Waals surface area contributed by atoms with Gasteiger partial charge in [-0.25, -0.2) is 13.4 Å². The number of benzene rings is 2. The van der Waals surface area contributed by atoms with Crippen molar-refractivity contribution in [2.24, 2.45) is 0 Å². The second-order valence-corrected chi connectivity index (χ2v) is 9.21. The molecule has 2 aromatic carbocycles. The van der Waals surface area contributed by atoms with Crippen LogP contribution in [0.15, 0.2) is 58.9 Å². The first kappa shape index (κ1) is 21.4. The number of carbonyl (C=O) groups is 1. The predicted octanol–water partition coefficient (Wildman–Crippen LogP) is 4.66. The van der Waals surface area contributed by atoms with Gasteiger partial charge in [-0.1, -0.05) is 23.2 Å². The van der Waals surface area contributed by atoms with E-state index in [-0.39, 0.29) is 10.0 Å². The van der Waals surface area contributed by atoms with Gasteiger partial charge in [0.1, 0.15) is 5.75 Å². The van der Waals surface area contributed by atoms with Gasteiger partial charge in [-0.15, -0.1) is 11.3 Å². The minimum Gasteiger partial charge on any atom is -0.479 e. The lowest BCUT2D eigenvalue weighted by Crippen LogP contribution is -2.30. The molecular formula is C18H15Cl2N3O4S2. The van der Waals surface area contributed by atoms with Crippen LogP contribution in [0.5, 0.6) is 5.75 Å². The molecule has 0 saturated carbocycles. The van der Waals surface area contributed by atoms with Gasteiger partial charge in [-0.3, -0.25) is 9.52 Å². The Morgan fingerprint density at radius 3 is 2.52 bits per heavy atom. The average molecular weight is 472 g/mol. The summed E-state index contributed by atoms with van der Waals surface area (Å²) in [6.07, 6.45) is 0.658. The molecule has 11 heteroatoms. The fourth-order valence-corrected chi connectivity index (χ4v) is 4.47. The van der Waals surface area contributed by atoms with Crippen LogP contribution < -0.4 is 14.8 Å². The summed E-state index contributed by atoms with van der Waals surface area (Å²) in [7, 11) is -3.76. The minimum absolute atomic E-state index is 0.0444. The van der Waals surface area contributed by atoms with Crippen LogP contribution in [0, 0.1) is 0 Å². The number of rotatable bonds is 7. The first-order valence-electron chi connectivity index (χ1n) is 8.19. The largest absolute Gasteiger partial charge is 0.479 e. The van der Waals surface area contributed by atoms with Crippen LogP contribution in [0.25, 0.3) is 0 Å². The zero-order valence-electron chi connectivity index (χ0n) is 14.9. The first-order valence-corrected chi connectivity index (χ1v) is 11.3. The van der Waals surface area contributed by atoms with E-state index in [1.54, 1.807) is 24.4 Å². The summed E-state index contributed by atoms with van der Waals surface area (Å²) in [6.45, 7) is 1.57. The maximum Gasteiger partial charge on any atom is 0.265 e. The highest BCUT2D eigenvalue weighted by atomic mass is 35.5. The monoisotopic (exact) mass is 471 g/mol. The van der Waals surface area contributed by atoms with Crippen molar-refractivity contribution in [3.63, 3.8) is 0 Å². The lowest BCUT2D eigenvalue weighted by atomic mass is 10.3. The van der Waals surface area contributed by atoms with Crippen LogP contribution in [0.3, 0.4) is 0 Å². The number of nitrogens with one attached hydrogen (secondary N) is 2. The zero-order chi connectivity index (χ0) is 21.0. The van der Waals surface area contributed by atoms with E-state index in [1.807, 2.05) is 0 Å². The van der Waals surface area contributed by atoms with E-state index in [4.69, 9.17) is 27.9 Å². The van der Waals surface area contributed by atoms with E-state index in [9.17, 15) is 13.2 Å². The number of nitrogens with zero attached hydrogens (tertiary/aromatic N) is 1. The number of hydrogen-bond donors (Lipinski definition) is 2. The van der Waals surface area contributed by atoms with Crippen LogP contribution in [-0.2, 0) is 14.8 Å². The van der Waals surface area contributed by atoms with Crippen LogP contribution in [-0.4, -0.2) is 25.4 Å². The molecule has 1 aromatic heterocycles. The number of ether oxygens (including phenoxy) is 1. The molecule has 3 rings (SSSR count). The van der Waals surface area contributed by atoms with E-state index in [0.29, 0.717) is 21.5 Å². The lowest BCUT2D eigenvalue weighted by molar-refractivity contribution is -0.122. The quantitative estimate of drug-likeness (QED) is 0.522. The third kappa shape index (κ3) is 5.60. The maximum absolute atomic E-state index is 12.3. The molecule has 1 amide bonds. The van der Waals surface area contributed by atoms with Gasteiger partial charge in [0.25, 0.3) is 15.9 Å². The second-order valence-electron chi connectivity index (χ2n) is 5.79. The van der Waals surface area contributed by atoms with Crippen molar-refractivity contribution in [3.8, 4) is 5.75 Å². The fourth-order valence-electron chi connectivity index (χ4n) is 2.22. The Kier molecular flexibility index (Phi) is 6.63. The van der Waals surface area contributed by atoms with Crippen LogP contribution in [0.2, 0.25) is 10.0 Å². The summed E-state index contributed by atoms with van der Waals surface area (Å²) in [5.74, 6) is -0.0963. The number of anilines is 2. The van der Waals surface area contributed by atoms with Gasteiger partial charge in [0.15, 0.2) is 11.2 Å². The summed E-state index contributed by atoms with van der Waals surface area (Å²) >= 11 is 13.1. The topological polar surface area (TPSA) is 97.4 Å². The van der Waals surface area contributed by atoms with Crippen molar-refractivity contribution in [3.05, 3.63) is 64.1 Å². The number of thiazole rings is 1. The molecule has 0 radical (unpaired) electrons. The number of amides is 1. The highest BCUT2D eigenvalue weighted by Gasteiger charge is 2.18. The summed E-state index contributed by atoms with van der Waals surface area (Å²) in [6, 6.07) is 10.4. The molecule has 0 fully saturated rings. The highest BCUT2D eigenvalue weighted by Crippen LogP contribution is 2.28. The molecule has 0 spiro atoms.